The quantitative estimate of drug-likeness (QED) is 0.534. The van der Waals surface area contributed by atoms with Crippen LogP contribution in [0, 0.1) is 5.92 Å². The van der Waals surface area contributed by atoms with Crippen LogP contribution >= 0.6 is 11.3 Å². The van der Waals surface area contributed by atoms with Crippen molar-refractivity contribution in [3.05, 3.63) is 40.2 Å². The zero-order valence-electron chi connectivity index (χ0n) is 15.8. The molecule has 0 saturated heterocycles. The molecule has 0 aliphatic carbocycles. The summed E-state index contributed by atoms with van der Waals surface area (Å²) in [6, 6.07) is 5.24. The van der Waals surface area contributed by atoms with Crippen molar-refractivity contribution < 1.29 is 23.4 Å². The summed E-state index contributed by atoms with van der Waals surface area (Å²) in [7, 11) is 0. The minimum Gasteiger partial charge on any atom is -0.493 e. The average molecular weight is 406 g/mol. The summed E-state index contributed by atoms with van der Waals surface area (Å²) in [5.74, 6) is 0.485. The van der Waals surface area contributed by atoms with Crippen LogP contribution < -0.4 is 4.74 Å². The Balaban J connectivity index is 1.68. The van der Waals surface area contributed by atoms with Gasteiger partial charge in [0.05, 0.1) is 19.9 Å². The minimum absolute atomic E-state index is 0.0253. The first-order chi connectivity index (χ1) is 13.6. The number of benzene rings is 1. The summed E-state index contributed by atoms with van der Waals surface area (Å²) < 4.78 is 29.4. The van der Waals surface area contributed by atoms with Gasteiger partial charge < -0.3 is 19.0 Å². The monoisotopic (exact) mass is 406 g/mol. The van der Waals surface area contributed by atoms with Gasteiger partial charge in [-0.25, -0.2) is 9.97 Å². The van der Waals surface area contributed by atoms with Crippen LogP contribution in [0.15, 0.2) is 28.8 Å². The maximum Gasteiger partial charge on any atom is 0.220 e. The topological polar surface area (TPSA) is 77.6 Å². The van der Waals surface area contributed by atoms with Crippen LogP contribution in [0.5, 0.6) is 5.75 Å². The molecule has 2 atom stereocenters. The molecule has 0 bridgehead atoms. The van der Waals surface area contributed by atoms with Crippen molar-refractivity contribution in [3.8, 4) is 5.75 Å². The van der Waals surface area contributed by atoms with E-state index in [1.54, 1.807) is 41.8 Å². The fraction of sp³-hybridized carbons (Fsp3) is 0.400. The highest BCUT2D eigenvalue weighted by Crippen LogP contribution is 2.26. The number of rotatable bonds is 10. The summed E-state index contributed by atoms with van der Waals surface area (Å²) in [5.41, 5.74) is 1.28. The SMILES string of the molecule is CCOC(C)c1ncc(/C=C/c2nc3ccc(OCC(CO)CF)cc3o2)s1. The highest BCUT2D eigenvalue weighted by Gasteiger charge is 2.11. The molecule has 28 heavy (non-hydrogen) atoms. The van der Waals surface area contributed by atoms with Crippen LogP contribution in [0.25, 0.3) is 23.3 Å². The number of thiazole rings is 1. The van der Waals surface area contributed by atoms with Crippen LogP contribution in [0.2, 0.25) is 0 Å². The number of alkyl halides is 1. The molecular weight excluding hydrogens is 383 g/mol. The lowest BCUT2D eigenvalue weighted by molar-refractivity contribution is 0.0762. The van der Waals surface area contributed by atoms with Gasteiger partial charge in [-0.05, 0) is 32.1 Å². The first-order valence-electron chi connectivity index (χ1n) is 9.08. The number of halogens is 1. The largest absolute Gasteiger partial charge is 0.493 e. The second-order valence-electron chi connectivity index (χ2n) is 6.23. The fourth-order valence-corrected chi connectivity index (χ4v) is 3.31. The van der Waals surface area contributed by atoms with Crippen molar-refractivity contribution in [2.75, 3.05) is 26.5 Å². The third-order valence-corrected chi connectivity index (χ3v) is 5.16. The molecule has 0 aliphatic heterocycles. The Morgan fingerprint density at radius 3 is 2.96 bits per heavy atom. The van der Waals surface area contributed by atoms with Crippen molar-refractivity contribution in [3.63, 3.8) is 0 Å². The van der Waals surface area contributed by atoms with Crippen LogP contribution in [0.1, 0.15) is 35.7 Å². The summed E-state index contributed by atoms with van der Waals surface area (Å²) >= 11 is 1.56. The lowest BCUT2D eigenvalue weighted by Crippen LogP contribution is -2.17. The summed E-state index contributed by atoms with van der Waals surface area (Å²) in [4.78, 5) is 9.78. The third kappa shape index (κ3) is 5.15. The van der Waals surface area contributed by atoms with E-state index >= 15 is 0 Å². The summed E-state index contributed by atoms with van der Waals surface area (Å²) in [6.07, 6.45) is 5.45. The van der Waals surface area contributed by atoms with Gasteiger partial charge in [0, 0.05) is 35.7 Å². The number of aliphatic hydroxyl groups is 1. The van der Waals surface area contributed by atoms with Crippen LogP contribution in [0.4, 0.5) is 4.39 Å². The van der Waals surface area contributed by atoms with Crippen molar-refractivity contribution in [1.82, 2.24) is 9.97 Å². The Hall–Kier alpha value is -2.29. The zero-order valence-corrected chi connectivity index (χ0v) is 16.6. The molecule has 2 unspecified atom stereocenters. The van der Waals surface area contributed by atoms with Gasteiger partial charge in [-0.2, -0.15) is 0 Å². The molecule has 0 aliphatic rings. The maximum absolute atomic E-state index is 12.6. The highest BCUT2D eigenvalue weighted by molar-refractivity contribution is 7.12. The molecule has 0 radical (unpaired) electrons. The van der Waals surface area contributed by atoms with Crippen molar-refractivity contribution in [1.29, 1.82) is 0 Å². The summed E-state index contributed by atoms with van der Waals surface area (Å²) in [6.45, 7) is 3.81. The molecule has 3 aromatic rings. The molecule has 6 nitrogen and oxygen atoms in total. The number of aliphatic hydroxyl groups excluding tert-OH is 1. The average Bonchev–Trinajstić information content (AvgIpc) is 3.33. The molecule has 1 N–H and O–H groups in total. The second-order valence-corrected chi connectivity index (χ2v) is 7.32. The number of hydrogen-bond donors (Lipinski definition) is 1. The Morgan fingerprint density at radius 2 is 2.21 bits per heavy atom. The smallest absolute Gasteiger partial charge is 0.220 e. The number of ether oxygens (including phenoxy) is 2. The molecule has 150 valence electrons. The Labute approximate surface area is 166 Å². The van der Waals surface area contributed by atoms with Gasteiger partial charge in [0.15, 0.2) is 5.58 Å². The van der Waals surface area contributed by atoms with E-state index in [0.29, 0.717) is 29.3 Å². The number of oxazole rings is 1. The standard InChI is InChI=1S/C20H23FN2O4S/c1-3-25-13(2)20-22-10-16(28-20)5-7-19-23-17-6-4-15(8-18(17)27-19)26-12-14(9-21)11-24/h4-8,10,13-14,24H,3,9,11-12H2,1-2H3/b7-5+. The predicted octanol–water partition coefficient (Wildman–Crippen LogP) is 4.51. The number of fused-ring (bicyclic) bond motifs is 1. The van der Waals surface area contributed by atoms with Gasteiger partial charge in [0.2, 0.25) is 5.89 Å². The maximum atomic E-state index is 12.6. The first-order valence-corrected chi connectivity index (χ1v) is 9.90. The van der Waals surface area contributed by atoms with Gasteiger partial charge in [-0.15, -0.1) is 11.3 Å². The van der Waals surface area contributed by atoms with Gasteiger partial charge in [-0.1, -0.05) is 0 Å². The highest BCUT2D eigenvalue weighted by atomic mass is 32.1. The number of aromatic nitrogens is 2. The van der Waals surface area contributed by atoms with Gasteiger partial charge >= 0.3 is 0 Å². The predicted molar refractivity (Wildman–Crippen MR) is 107 cm³/mol. The zero-order chi connectivity index (χ0) is 19.9. The number of hydrogen-bond acceptors (Lipinski definition) is 7. The third-order valence-electron chi connectivity index (χ3n) is 4.03. The van der Waals surface area contributed by atoms with E-state index in [0.717, 1.165) is 9.88 Å². The van der Waals surface area contributed by atoms with Crippen molar-refractivity contribution in [2.24, 2.45) is 5.92 Å². The normalized spacial score (nSPS) is 14.0. The minimum atomic E-state index is -0.626. The van der Waals surface area contributed by atoms with Gasteiger partial charge in [0.25, 0.3) is 0 Å². The van der Waals surface area contributed by atoms with Crippen molar-refractivity contribution in [2.45, 2.75) is 20.0 Å². The van der Waals surface area contributed by atoms with E-state index in [4.69, 9.17) is 19.0 Å². The Kier molecular flexibility index (Phi) is 7.13. The molecule has 8 heteroatoms. The number of nitrogens with zero attached hydrogens (tertiary/aromatic N) is 2. The fourth-order valence-electron chi connectivity index (χ4n) is 2.48. The molecule has 0 saturated carbocycles. The van der Waals surface area contributed by atoms with E-state index in [1.165, 1.54) is 0 Å². The lowest BCUT2D eigenvalue weighted by Gasteiger charge is -2.11. The Morgan fingerprint density at radius 1 is 1.36 bits per heavy atom. The Bertz CT molecular complexity index is 920. The van der Waals surface area contributed by atoms with E-state index in [2.05, 4.69) is 9.97 Å². The molecule has 3 rings (SSSR count). The van der Waals surface area contributed by atoms with Crippen LogP contribution in [-0.2, 0) is 4.74 Å². The molecular formula is C20H23FN2O4S. The van der Waals surface area contributed by atoms with Crippen molar-refractivity contribution >= 4 is 34.6 Å². The van der Waals surface area contributed by atoms with E-state index in [1.807, 2.05) is 19.9 Å². The summed E-state index contributed by atoms with van der Waals surface area (Å²) in [5, 5.41) is 9.95. The van der Waals surface area contributed by atoms with E-state index < -0.39 is 12.6 Å². The van der Waals surface area contributed by atoms with Crippen LogP contribution in [-0.4, -0.2) is 41.6 Å². The molecule has 2 aromatic heterocycles. The van der Waals surface area contributed by atoms with Crippen LogP contribution in [0.3, 0.4) is 0 Å². The molecule has 0 amide bonds. The van der Waals surface area contributed by atoms with E-state index in [-0.39, 0.29) is 19.3 Å². The van der Waals surface area contributed by atoms with Gasteiger partial charge in [-0.3, -0.25) is 4.39 Å². The van der Waals surface area contributed by atoms with E-state index in [9.17, 15) is 4.39 Å². The second kappa shape index (κ2) is 9.77. The molecule has 2 heterocycles. The molecule has 0 spiro atoms. The molecule has 0 fully saturated rings. The van der Waals surface area contributed by atoms with Gasteiger partial charge in [0.1, 0.15) is 22.4 Å². The first kappa shape index (κ1) is 20.4. The lowest BCUT2D eigenvalue weighted by atomic mass is 10.2. The molecule has 1 aromatic carbocycles.